The molecule has 2 aliphatic heterocycles. The Morgan fingerprint density at radius 3 is 2.84 bits per heavy atom. The molecular formula is C19H18FN3O2. The van der Waals surface area contributed by atoms with Crippen LogP contribution in [0.1, 0.15) is 23.2 Å². The van der Waals surface area contributed by atoms with Crippen LogP contribution in [0.5, 0.6) is 0 Å². The first kappa shape index (κ1) is 15.7. The summed E-state index contributed by atoms with van der Waals surface area (Å²) in [5.74, 6) is -0.422. The van der Waals surface area contributed by atoms with Gasteiger partial charge in [-0.05, 0) is 36.8 Å². The summed E-state index contributed by atoms with van der Waals surface area (Å²) in [5, 5.41) is 0. The zero-order valence-corrected chi connectivity index (χ0v) is 13.7. The number of hydrogen-bond acceptors (Lipinski definition) is 3. The zero-order chi connectivity index (χ0) is 17.4. The van der Waals surface area contributed by atoms with Crippen molar-refractivity contribution in [3.8, 4) is 0 Å². The van der Waals surface area contributed by atoms with Crippen LogP contribution < -0.4 is 4.90 Å². The molecule has 0 bridgehead atoms. The molecule has 3 heterocycles. The highest BCUT2D eigenvalue weighted by atomic mass is 19.1. The topological polar surface area (TPSA) is 53.5 Å². The van der Waals surface area contributed by atoms with Gasteiger partial charge in [0.2, 0.25) is 5.91 Å². The summed E-state index contributed by atoms with van der Waals surface area (Å²) in [4.78, 5) is 32.5. The van der Waals surface area contributed by atoms with Gasteiger partial charge in [-0.25, -0.2) is 4.39 Å². The molecule has 0 saturated carbocycles. The molecule has 2 aliphatic rings. The number of pyridine rings is 1. The molecule has 5 nitrogen and oxygen atoms in total. The Labute approximate surface area is 145 Å². The molecule has 25 heavy (non-hydrogen) atoms. The van der Waals surface area contributed by atoms with Gasteiger partial charge in [0.15, 0.2) is 0 Å². The molecule has 1 atom stereocenters. The number of nitrogens with zero attached hydrogens (tertiary/aromatic N) is 3. The maximum absolute atomic E-state index is 13.5. The first-order valence-corrected chi connectivity index (χ1v) is 8.32. The highest BCUT2D eigenvalue weighted by molar-refractivity contribution is 5.97. The zero-order valence-electron chi connectivity index (χ0n) is 13.7. The minimum absolute atomic E-state index is 0.0127. The van der Waals surface area contributed by atoms with Crippen molar-refractivity contribution in [2.45, 2.75) is 12.8 Å². The van der Waals surface area contributed by atoms with E-state index in [2.05, 4.69) is 4.98 Å². The van der Waals surface area contributed by atoms with E-state index >= 15 is 0 Å². The smallest absolute Gasteiger partial charge is 0.255 e. The summed E-state index contributed by atoms with van der Waals surface area (Å²) >= 11 is 0. The standard InChI is InChI=1S/C19H18FN3O2/c20-15-4-1-5-16(9-15)23-13-19(10-17(23)24)6-8-22(12-19)18(25)14-3-2-7-21-11-14/h1-5,7,9,11H,6,8,10,12-13H2. The lowest BCUT2D eigenvalue weighted by molar-refractivity contribution is -0.117. The molecule has 4 rings (SSSR count). The second-order valence-electron chi connectivity index (χ2n) is 6.85. The summed E-state index contributed by atoms with van der Waals surface area (Å²) in [7, 11) is 0. The maximum atomic E-state index is 13.5. The molecule has 2 fully saturated rings. The molecule has 0 aliphatic carbocycles. The van der Waals surface area contributed by atoms with Crippen LogP contribution in [0.25, 0.3) is 0 Å². The van der Waals surface area contributed by atoms with Crippen molar-refractivity contribution in [3.05, 3.63) is 60.2 Å². The number of anilines is 1. The summed E-state index contributed by atoms with van der Waals surface area (Å²) in [6.07, 6.45) is 4.36. The molecule has 2 saturated heterocycles. The van der Waals surface area contributed by atoms with Gasteiger partial charge in [0, 0.05) is 49.6 Å². The molecule has 1 unspecified atom stereocenters. The van der Waals surface area contributed by atoms with Crippen LogP contribution in [0.4, 0.5) is 10.1 Å². The van der Waals surface area contributed by atoms with E-state index in [1.54, 1.807) is 46.5 Å². The number of amides is 2. The number of carbonyl (C=O) groups is 2. The van der Waals surface area contributed by atoms with E-state index in [1.807, 2.05) is 0 Å². The van der Waals surface area contributed by atoms with E-state index in [-0.39, 0.29) is 23.0 Å². The Bertz CT molecular complexity index is 826. The average molecular weight is 339 g/mol. The molecule has 2 aromatic rings. The van der Waals surface area contributed by atoms with Gasteiger partial charge in [-0.2, -0.15) is 0 Å². The molecule has 128 valence electrons. The lowest BCUT2D eigenvalue weighted by atomic mass is 9.86. The fourth-order valence-electron chi connectivity index (χ4n) is 3.83. The lowest BCUT2D eigenvalue weighted by Crippen LogP contribution is -2.34. The number of aromatic nitrogens is 1. The van der Waals surface area contributed by atoms with Gasteiger partial charge in [-0.15, -0.1) is 0 Å². The summed E-state index contributed by atoms with van der Waals surface area (Å²) in [6, 6.07) is 9.58. The Kier molecular flexibility index (Phi) is 3.75. The number of likely N-dealkylation sites (tertiary alicyclic amines) is 1. The Morgan fingerprint density at radius 1 is 1.20 bits per heavy atom. The summed E-state index contributed by atoms with van der Waals surface area (Å²) < 4.78 is 13.5. The Morgan fingerprint density at radius 2 is 2.08 bits per heavy atom. The van der Waals surface area contributed by atoms with E-state index in [0.717, 1.165) is 6.42 Å². The van der Waals surface area contributed by atoms with E-state index in [1.165, 1.54) is 12.1 Å². The van der Waals surface area contributed by atoms with Crippen molar-refractivity contribution in [2.75, 3.05) is 24.5 Å². The highest BCUT2D eigenvalue weighted by Crippen LogP contribution is 2.42. The fraction of sp³-hybridized carbons (Fsp3) is 0.316. The van der Waals surface area contributed by atoms with Crippen molar-refractivity contribution >= 4 is 17.5 Å². The van der Waals surface area contributed by atoms with Gasteiger partial charge in [0.05, 0.1) is 5.56 Å². The van der Waals surface area contributed by atoms with Crippen molar-refractivity contribution < 1.29 is 14.0 Å². The van der Waals surface area contributed by atoms with Gasteiger partial charge in [-0.3, -0.25) is 14.6 Å². The van der Waals surface area contributed by atoms with Gasteiger partial charge < -0.3 is 9.80 Å². The van der Waals surface area contributed by atoms with Crippen molar-refractivity contribution in [2.24, 2.45) is 5.41 Å². The Balaban J connectivity index is 1.51. The number of rotatable bonds is 2. The number of halogens is 1. The van der Waals surface area contributed by atoms with Gasteiger partial charge in [0.25, 0.3) is 5.91 Å². The Hall–Kier alpha value is -2.76. The third kappa shape index (κ3) is 2.88. The minimum atomic E-state index is -0.356. The predicted octanol–water partition coefficient (Wildman–Crippen LogP) is 2.49. The quantitative estimate of drug-likeness (QED) is 0.845. The number of benzene rings is 1. The monoisotopic (exact) mass is 339 g/mol. The fourth-order valence-corrected chi connectivity index (χ4v) is 3.83. The molecule has 2 amide bonds. The van der Waals surface area contributed by atoms with E-state index < -0.39 is 0 Å². The number of hydrogen-bond donors (Lipinski definition) is 0. The normalized spacial score (nSPS) is 22.8. The molecule has 6 heteroatoms. The summed E-state index contributed by atoms with van der Waals surface area (Å²) in [5.41, 5.74) is 0.895. The molecular weight excluding hydrogens is 321 g/mol. The maximum Gasteiger partial charge on any atom is 0.255 e. The molecule has 1 aromatic heterocycles. The SMILES string of the molecule is O=C(c1cccnc1)N1CCC2(CC(=O)N(c3cccc(F)c3)C2)C1. The van der Waals surface area contributed by atoms with Crippen LogP contribution in [0.15, 0.2) is 48.8 Å². The second-order valence-corrected chi connectivity index (χ2v) is 6.85. The summed E-state index contributed by atoms with van der Waals surface area (Å²) in [6.45, 7) is 1.68. The molecule has 1 aromatic carbocycles. The van der Waals surface area contributed by atoms with Crippen LogP contribution >= 0.6 is 0 Å². The van der Waals surface area contributed by atoms with Gasteiger partial charge in [-0.1, -0.05) is 6.07 Å². The van der Waals surface area contributed by atoms with Crippen molar-refractivity contribution in [1.29, 1.82) is 0 Å². The van der Waals surface area contributed by atoms with Crippen LogP contribution in [-0.4, -0.2) is 41.3 Å². The van der Waals surface area contributed by atoms with E-state index in [4.69, 9.17) is 0 Å². The third-order valence-electron chi connectivity index (χ3n) is 5.07. The molecule has 1 spiro atoms. The first-order valence-electron chi connectivity index (χ1n) is 8.32. The second kappa shape index (κ2) is 5.95. The van der Waals surface area contributed by atoms with Crippen LogP contribution in [-0.2, 0) is 4.79 Å². The molecule has 0 N–H and O–H groups in total. The number of carbonyl (C=O) groups excluding carboxylic acids is 2. The van der Waals surface area contributed by atoms with Gasteiger partial charge in [0.1, 0.15) is 5.82 Å². The van der Waals surface area contributed by atoms with E-state index in [9.17, 15) is 14.0 Å². The first-order chi connectivity index (χ1) is 12.1. The van der Waals surface area contributed by atoms with Crippen molar-refractivity contribution in [1.82, 2.24) is 9.88 Å². The predicted molar refractivity (Wildman–Crippen MR) is 90.6 cm³/mol. The minimum Gasteiger partial charge on any atom is -0.338 e. The lowest BCUT2D eigenvalue weighted by Gasteiger charge is -2.24. The van der Waals surface area contributed by atoms with Gasteiger partial charge >= 0.3 is 0 Å². The van der Waals surface area contributed by atoms with E-state index in [0.29, 0.717) is 37.3 Å². The van der Waals surface area contributed by atoms with Crippen LogP contribution in [0.3, 0.4) is 0 Å². The largest absolute Gasteiger partial charge is 0.338 e. The average Bonchev–Trinajstić information content (AvgIpc) is 3.18. The van der Waals surface area contributed by atoms with Crippen LogP contribution in [0, 0.1) is 11.2 Å². The third-order valence-corrected chi connectivity index (χ3v) is 5.07. The molecule has 0 radical (unpaired) electrons. The highest BCUT2D eigenvalue weighted by Gasteiger charge is 2.48. The van der Waals surface area contributed by atoms with Crippen molar-refractivity contribution in [3.63, 3.8) is 0 Å². The van der Waals surface area contributed by atoms with Crippen LogP contribution in [0.2, 0.25) is 0 Å².